The van der Waals surface area contributed by atoms with E-state index >= 15 is 0 Å². The van der Waals surface area contributed by atoms with Gasteiger partial charge in [-0.1, -0.05) is 18.7 Å². The van der Waals surface area contributed by atoms with Crippen molar-refractivity contribution in [3.63, 3.8) is 0 Å². The van der Waals surface area contributed by atoms with E-state index in [1.165, 1.54) is 6.26 Å². The lowest BCUT2D eigenvalue weighted by molar-refractivity contribution is 0.546. The molecule has 2 nitrogen and oxygen atoms in total. The summed E-state index contributed by atoms with van der Waals surface area (Å²) in [4.78, 5) is 3.85. The van der Waals surface area contributed by atoms with E-state index in [2.05, 4.69) is 11.6 Å². The van der Waals surface area contributed by atoms with Gasteiger partial charge in [-0.05, 0) is 0 Å². The van der Waals surface area contributed by atoms with E-state index in [9.17, 15) is 0 Å². The topological polar surface area (TPSA) is 26.0 Å². The molecule has 1 aromatic heterocycles. The first-order valence-electron chi connectivity index (χ1n) is 2.62. The van der Waals surface area contributed by atoms with Crippen molar-refractivity contribution in [2.24, 2.45) is 0 Å². The van der Waals surface area contributed by atoms with Crippen LogP contribution in [0.5, 0.6) is 0 Å². The Kier molecular flexibility index (Phi) is 1.85. The molecule has 46 valence electrons. The van der Waals surface area contributed by atoms with E-state index in [1.54, 1.807) is 24.4 Å². The van der Waals surface area contributed by atoms with E-state index in [0.717, 1.165) is 0 Å². The van der Waals surface area contributed by atoms with Crippen molar-refractivity contribution in [1.82, 2.24) is 4.98 Å². The molecule has 0 bridgehead atoms. The van der Waals surface area contributed by atoms with Gasteiger partial charge in [0, 0.05) is 6.08 Å². The first-order chi connectivity index (χ1) is 4.43. The van der Waals surface area contributed by atoms with Gasteiger partial charge in [-0.3, -0.25) is 0 Å². The Bertz CT molecular complexity index is 199. The monoisotopic (exact) mass is 121 g/mol. The fraction of sp³-hybridized carbons (Fsp3) is 0. The fourth-order valence-electron chi connectivity index (χ4n) is 0.467. The van der Waals surface area contributed by atoms with Gasteiger partial charge < -0.3 is 4.42 Å². The van der Waals surface area contributed by atoms with Crippen LogP contribution < -0.4 is 0 Å². The molecule has 0 aliphatic heterocycles. The molecule has 1 rings (SSSR count). The van der Waals surface area contributed by atoms with Crippen molar-refractivity contribution in [1.29, 1.82) is 0 Å². The second-order valence-corrected chi connectivity index (χ2v) is 1.47. The summed E-state index contributed by atoms with van der Waals surface area (Å²) < 4.78 is 4.89. The predicted octanol–water partition coefficient (Wildman–Crippen LogP) is 1.87. The normalized spacial score (nSPS) is 10.2. The molecule has 0 atom stereocenters. The molecule has 0 aromatic carbocycles. The van der Waals surface area contributed by atoms with Gasteiger partial charge in [0.1, 0.15) is 6.26 Å². The van der Waals surface area contributed by atoms with Gasteiger partial charge in [0.2, 0.25) is 5.89 Å². The van der Waals surface area contributed by atoms with Crippen molar-refractivity contribution in [3.8, 4) is 0 Å². The lowest BCUT2D eigenvalue weighted by Crippen LogP contribution is -1.63. The maximum absolute atomic E-state index is 4.89. The van der Waals surface area contributed by atoms with Gasteiger partial charge in [-0.15, -0.1) is 0 Å². The molecule has 0 aliphatic rings. The van der Waals surface area contributed by atoms with Crippen molar-refractivity contribution in [2.45, 2.75) is 0 Å². The standard InChI is InChI=1S/C7H7NO/c1-2-3-4-7-8-5-6-9-7/h2-6H,1H2/b4-3+. The lowest BCUT2D eigenvalue weighted by Gasteiger charge is -1.75. The number of oxazole rings is 1. The van der Waals surface area contributed by atoms with Gasteiger partial charge in [-0.25, -0.2) is 4.98 Å². The van der Waals surface area contributed by atoms with Crippen LogP contribution in [0.3, 0.4) is 0 Å². The van der Waals surface area contributed by atoms with Gasteiger partial charge in [0.05, 0.1) is 6.20 Å². The minimum atomic E-state index is 0.606. The Hall–Kier alpha value is -1.31. The average Bonchev–Trinajstić information content (AvgIpc) is 2.34. The summed E-state index contributed by atoms with van der Waals surface area (Å²) in [5.74, 6) is 0.606. The molecule has 9 heavy (non-hydrogen) atoms. The van der Waals surface area contributed by atoms with Gasteiger partial charge in [0.15, 0.2) is 0 Å². The van der Waals surface area contributed by atoms with Crippen LogP contribution in [-0.2, 0) is 0 Å². The Morgan fingerprint density at radius 3 is 3.11 bits per heavy atom. The van der Waals surface area contributed by atoms with Crippen LogP contribution in [-0.4, -0.2) is 4.98 Å². The van der Waals surface area contributed by atoms with Gasteiger partial charge in [-0.2, -0.15) is 0 Å². The number of hydrogen-bond donors (Lipinski definition) is 0. The van der Waals surface area contributed by atoms with Gasteiger partial charge in [0.25, 0.3) is 0 Å². The second-order valence-electron chi connectivity index (χ2n) is 1.47. The van der Waals surface area contributed by atoms with E-state index < -0.39 is 0 Å². The van der Waals surface area contributed by atoms with E-state index in [-0.39, 0.29) is 0 Å². The largest absolute Gasteiger partial charge is 0.445 e. The smallest absolute Gasteiger partial charge is 0.218 e. The summed E-state index contributed by atoms with van der Waals surface area (Å²) in [6.45, 7) is 3.50. The number of rotatable bonds is 2. The van der Waals surface area contributed by atoms with Crippen LogP contribution >= 0.6 is 0 Å². The third-order valence-corrected chi connectivity index (χ3v) is 0.826. The molecule has 0 saturated carbocycles. The maximum atomic E-state index is 4.89. The molecule has 0 saturated heterocycles. The van der Waals surface area contributed by atoms with Crippen molar-refractivity contribution in [3.05, 3.63) is 37.1 Å². The molecule has 0 radical (unpaired) electrons. The third kappa shape index (κ3) is 1.57. The van der Waals surface area contributed by atoms with Crippen molar-refractivity contribution >= 4 is 6.08 Å². The zero-order valence-electron chi connectivity index (χ0n) is 4.95. The summed E-state index contributed by atoms with van der Waals surface area (Å²) in [6.07, 6.45) is 8.31. The van der Waals surface area contributed by atoms with Crippen LogP contribution in [0.25, 0.3) is 6.08 Å². The second kappa shape index (κ2) is 2.87. The van der Waals surface area contributed by atoms with E-state index in [4.69, 9.17) is 4.42 Å². The van der Waals surface area contributed by atoms with E-state index in [0.29, 0.717) is 5.89 Å². The van der Waals surface area contributed by atoms with E-state index in [1.807, 2.05) is 0 Å². The minimum absolute atomic E-state index is 0.606. The minimum Gasteiger partial charge on any atom is -0.445 e. The SMILES string of the molecule is C=C/C=C/c1ncco1. The molecule has 0 aliphatic carbocycles. The van der Waals surface area contributed by atoms with Crippen LogP contribution in [0, 0.1) is 0 Å². The molecule has 2 heteroatoms. The molecule has 0 amide bonds. The zero-order valence-corrected chi connectivity index (χ0v) is 4.95. The fourth-order valence-corrected chi connectivity index (χ4v) is 0.467. The highest BCUT2D eigenvalue weighted by Crippen LogP contribution is 1.95. The van der Waals surface area contributed by atoms with Crippen LogP contribution in [0.4, 0.5) is 0 Å². The molecule has 1 aromatic rings. The molecular formula is C7H7NO. The molecular weight excluding hydrogens is 114 g/mol. The molecule has 0 unspecified atom stereocenters. The Balaban J connectivity index is 2.67. The van der Waals surface area contributed by atoms with Crippen LogP contribution in [0.15, 0.2) is 35.6 Å². The first kappa shape index (κ1) is 5.82. The molecule has 0 spiro atoms. The predicted molar refractivity (Wildman–Crippen MR) is 35.7 cm³/mol. The van der Waals surface area contributed by atoms with Crippen LogP contribution in [0.1, 0.15) is 5.89 Å². The highest BCUT2D eigenvalue weighted by molar-refractivity contribution is 5.39. The summed E-state index contributed by atoms with van der Waals surface area (Å²) in [5.41, 5.74) is 0. The van der Waals surface area contributed by atoms with Crippen LogP contribution in [0.2, 0.25) is 0 Å². The summed E-state index contributed by atoms with van der Waals surface area (Å²) in [5, 5.41) is 0. The van der Waals surface area contributed by atoms with Crippen molar-refractivity contribution < 1.29 is 4.42 Å². The Labute approximate surface area is 53.5 Å². The molecule has 0 N–H and O–H groups in total. The number of allylic oxidation sites excluding steroid dienone is 2. The number of aromatic nitrogens is 1. The molecule has 1 heterocycles. The highest BCUT2D eigenvalue weighted by Gasteiger charge is 1.84. The Morgan fingerprint density at radius 1 is 1.67 bits per heavy atom. The quantitative estimate of drug-likeness (QED) is 0.558. The first-order valence-corrected chi connectivity index (χ1v) is 2.62. The third-order valence-electron chi connectivity index (χ3n) is 0.826. The average molecular weight is 121 g/mol. The highest BCUT2D eigenvalue weighted by atomic mass is 16.3. The maximum Gasteiger partial charge on any atom is 0.218 e. The molecule has 0 fully saturated rings. The summed E-state index contributed by atoms with van der Waals surface area (Å²) in [7, 11) is 0. The van der Waals surface area contributed by atoms with Gasteiger partial charge >= 0.3 is 0 Å². The van der Waals surface area contributed by atoms with Crippen molar-refractivity contribution in [2.75, 3.05) is 0 Å². The summed E-state index contributed by atoms with van der Waals surface area (Å²) >= 11 is 0. The Morgan fingerprint density at radius 2 is 2.56 bits per heavy atom. The number of nitrogens with zero attached hydrogens (tertiary/aromatic N) is 1. The zero-order chi connectivity index (χ0) is 6.53. The summed E-state index contributed by atoms with van der Waals surface area (Å²) in [6, 6.07) is 0. The lowest BCUT2D eigenvalue weighted by atomic mass is 10.5. The number of hydrogen-bond acceptors (Lipinski definition) is 2.